The van der Waals surface area contributed by atoms with E-state index in [0.717, 1.165) is 29.4 Å². The van der Waals surface area contributed by atoms with Crippen LogP contribution in [0.3, 0.4) is 0 Å². The van der Waals surface area contributed by atoms with Crippen LogP contribution in [0.5, 0.6) is 0 Å². The lowest BCUT2D eigenvalue weighted by Crippen LogP contribution is -2.43. The molecule has 1 amide bonds. The number of nitrogens with one attached hydrogen (secondary N) is 3. The van der Waals surface area contributed by atoms with E-state index < -0.39 is 0 Å². The topological polar surface area (TPSA) is 56.9 Å². The van der Waals surface area contributed by atoms with Gasteiger partial charge in [-0.3, -0.25) is 4.79 Å². The lowest BCUT2D eigenvalue weighted by molar-refractivity contribution is 0.0949. The average Bonchev–Trinajstić information content (AvgIpc) is 2.90. The van der Waals surface area contributed by atoms with Gasteiger partial charge in [-0.05, 0) is 25.5 Å². The number of carbonyl (C=O) groups is 1. The summed E-state index contributed by atoms with van der Waals surface area (Å²) in [5.74, 6) is 0.00447. The molecule has 3 rings (SSSR count). The molecule has 0 aliphatic carbocycles. The first-order valence-electron chi connectivity index (χ1n) is 6.92. The predicted octanol–water partition coefficient (Wildman–Crippen LogP) is 2.04. The molecular formula is C15H19N3O. The van der Waals surface area contributed by atoms with Crippen molar-refractivity contribution in [3.63, 3.8) is 0 Å². The van der Waals surface area contributed by atoms with Crippen LogP contribution in [0.15, 0.2) is 30.5 Å². The summed E-state index contributed by atoms with van der Waals surface area (Å²) in [6.45, 7) is 1.77. The van der Waals surface area contributed by atoms with Gasteiger partial charge < -0.3 is 15.6 Å². The second kappa shape index (κ2) is 5.45. The molecule has 1 atom stereocenters. The lowest BCUT2D eigenvalue weighted by Gasteiger charge is -2.23. The summed E-state index contributed by atoms with van der Waals surface area (Å²) in [4.78, 5) is 15.3. The predicted molar refractivity (Wildman–Crippen MR) is 76.3 cm³/mol. The largest absolute Gasteiger partial charge is 0.360 e. The fourth-order valence-corrected chi connectivity index (χ4v) is 2.67. The molecule has 0 radical (unpaired) electrons. The number of piperidine rings is 1. The SMILES string of the molecule is O=C(NCC1CCCCN1)c1c[nH]c2ccccc12. The van der Waals surface area contributed by atoms with Crippen LogP contribution >= 0.6 is 0 Å². The van der Waals surface area contributed by atoms with Crippen molar-refractivity contribution in [2.24, 2.45) is 0 Å². The van der Waals surface area contributed by atoms with Crippen molar-refractivity contribution in [3.05, 3.63) is 36.0 Å². The normalized spacial score (nSPS) is 19.5. The van der Waals surface area contributed by atoms with Crippen LogP contribution in [0.1, 0.15) is 29.6 Å². The van der Waals surface area contributed by atoms with Gasteiger partial charge in [-0.2, -0.15) is 0 Å². The number of carbonyl (C=O) groups excluding carboxylic acids is 1. The molecule has 1 fully saturated rings. The molecule has 1 aromatic heterocycles. The van der Waals surface area contributed by atoms with Gasteiger partial charge in [0.25, 0.3) is 5.91 Å². The first-order chi connectivity index (χ1) is 9.34. The first kappa shape index (κ1) is 12.2. The van der Waals surface area contributed by atoms with Crippen molar-refractivity contribution in [1.82, 2.24) is 15.6 Å². The molecule has 0 saturated carbocycles. The zero-order valence-corrected chi connectivity index (χ0v) is 10.9. The van der Waals surface area contributed by atoms with Gasteiger partial charge in [-0.1, -0.05) is 24.6 Å². The smallest absolute Gasteiger partial charge is 0.253 e. The minimum Gasteiger partial charge on any atom is -0.360 e. The molecule has 3 N–H and O–H groups in total. The van der Waals surface area contributed by atoms with Crippen molar-refractivity contribution < 1.29 is 4.79 Å². The Morgan fingerprint density at radius 3 is 3.05 bits per heavy atom. The van der Waals surface area contributed by atoms with E-state index in [2.05, 4.69) is 15.6 Å². The molecule has 2 aromatic rings. The number of aromatic nitrogens is 1. The Kier molecular flexibility index (Phi) is 3.51. The summed E-state index contributed by atoms with van der Waals surface area (Å²) in [5, 5.41) is 7.44. The zero-order chi connectivity index (χ0) is 13.1. The lowest BCUT2D eigenvalue weighted by atomic mass is 10.0. The van der Waals surface area contributed by atoms with Gasteiger partial charge in [0, 0.05) is 29.7 Å². The number of para-hydroxylation sites is 1. The second-order valence-corrected chi connectivity index (χ2v) is 5.10. The average molecular weight is 257 g/mol. The Labute approximate surface area is 112 Å². The number of fused-ring (bicyclic) bond motifs is 1. The van der Waals surface area contributed by atoms with Gasteiger partial charge in [-0.25, -0.2) is 0 Å². The van der Waals surface area contributed by atoms with Gasteiger partial charge in [-0.15, -0.1) is 0 Å². The van der Waals surface area contributed by atoms with Crippen molar-refractivity contribution >= 4 is 16.8 Å². The zero-order valence-electron chi connectivity index (χ0n) is 10.9. The van der Waals surface area contributed by atoms with Crippen LogP contribution in [0, 0.1) is 0 Å². The molecule has 4 heteroatoms. The summed E-state index contributed by atoms with van der Waals surface area (Å²) in [6, 6.07) is 8.29. The molecular weight excluding hydrogens is 238 g/mol. The number of H-pyrrole nitrogens is 1. The van der Waals surface area contributed by atoms with Crippen molar-refractivity contribution in [3.8, 4) is 0 Å². The molecule has 1 unspecified atom stereocenters. The highest BCUT2D eigenvalue weighted by Gasteiger charge is 2.15. The maximum Gasteiger partial charge on any atom is 0.253 e. The molecule has 4 nitrogen and oxygen atoms in total. The second-order valence-electron chi connectivity index (χ2n) is 5.10. The molecule has 100 valence electrons. The molecule has 0 bridgehead atoms. The van der Waals surface area contributed by atoms with E-state index in [1.165, 1.54) is 12.8 Å². The molecule has 1 saturated heterocycles. The van der Waals surface area contributed by atoms with Crippen LogP contribution in [-0.2, 0) is 0 Å². The third kappa shape index (κ3) is 2.63. The van der Waals surface area contributed by atoms with Crippen molar-refractivity contribution in [1.29, 1.82) is 0 Å². The number of amides is 1. The Hall–Kier alpha value is -1.81. The van der Waals surface area contributed by atoms with Crippen molar-refractivity contribution in [2.75, 3.05) is 13.1 Å². The quantitative estimate of drug-likeness (QED) is 0.788. The van der Waals surface area contributed by atoms with Gasteiger partial charge in [0.05, 0.1) is 5.56 Å². The van der Waals surface area contributed by atoms with Crippen molar-refractivity contribution in [2.45, 2.75) is 25.3 Å². The standard InChI is InChI=1S/C15H19N3O/c19-15(18-9-11-5-3-4-8-16-11)13-10-17-14-7-2-1-6-12(13)14/h1-2,6-7,10-11,16-17H,3-5,8-9H2,(H,18,19). The maximum absolute atomic E-state index is 12.2. The third-order valence-corrected chi connectivity index (χ3v) is 3.76. The highest BCUT2D eigenvalue weighted by atomic mass is 16.1. The highest BCUT2D eigenvalue weighted by molar-refractivity contribution is 6.06. The van der Waals surface area contributed by atoms with E-state index in [4.69, 9.17) is 0 Å². The van der Waals surface area contributed by atoms with Gasteiger partial charge in [0.2, 0.25) is 0 Å². The minimum atomic E-state index is 0.00447. The number of hydrogen-bond acceptors (Lipinski definition) is 2. The maximum atomic E-state index is 12.2. The Balaban J connectivity index is 1.66. The Morgan fingerprint density at radius 1 is 1.32 bits per heavy atom. The summed E-state index contributed by atoms with van der Waals surface area (Å²) < 4.78 is 0. The van der Waals surface area contributed by atoms with E-state index in [9.17, 15) is 4.79 Å². The van der Waals surface area contributed by atoms with E-state index in [1.54, 1.807) is 6.20 Å². The number of aromatic amines is 1. The van der Waals surface area contributed by atoms with E-state index >= 15 is 0 Å². The number of benzene rings is 1. The Morgan fingerprint density at radius 2 is 2.21 bits per heavy atom. The van der Waals surface area contributed by atoms with Gasteiger partial charge in [0.15, 0.2) is 0 Å². The fourth-order valence-electron chi connectivity index (χ4n) is 2.67. The highest BCUT2D eigenvalue weighted by Crippen LogP contribution is 2.17. The molecule has 2 heterocycles. The van der Waals surface area contributed by atoms with Crippen LogP contribution in [0.2, 0.25) is 0 Å². The van der Waals surface area contributed by atoms with Gasteiger partial charge >= 0.3 is 0 Å². The van der Waals surface area contributed by atoms with E-state index in [0.29, 0.717) is 12.6 Å². The van der Waals surface area contributed by atoms with Crippen LogP contribution < -0.4 is 10.6 Å². The number of rotatable bonds is 3. The molecule has 1 aliphatic rings. The summed E-state index contributed by atoms with van der Waals surface area (Å²) in [5.41, 5.74) is 1.73. The van der Waals surface area contributed by atoms with Gasteiger partial charge in [0.1, 0.15) is 0 Å². The van der Waals surface area contributed by atoms with E-state index in [1.807, 2.05) is 24.3 Å². The molecule has 0 spiro atoms. The summed E-state index contributed by atoms with van der Waals surface area (Å²) in [7, 11) is 0. The summed E-state index contributed by atoms with van der Waals surface area (Å²) in [6.07, 6.45) is 5.43. The molecule has 1 aliphatic heterocycles. The van der Waals surface area contributed by atoms with E-state index in [-0.39, 0.29) is 5.91 Å². The minimum absolute atomic E-state index is 0.00447. The molecule has 19 heavy (non-hydrogen) atoms. The fraction of sp³-hybridized carbons (Fsp3) is 0.400. The van der Waals surface area contributed by atoms with Crippen LogP contribution in [-0.4, -0.2) is 30.0 Å². The monoisotopic (exact) mass is 257 g/mol. The third-order valence-electron chi connectivity index (χ3n) is 3.76. The van der Waals surface area contributed by atoms with Crippen LogP contribution in [0.4, 0.5) is 0 Å². The number of hydrogen-bond donors (Lipinski definition) is 3. The van der Waals surface area contributed by atoms with Crippen LogP contribution in [0.25, 0.3) is 10.9 Å². The summed E-state index contributed by atoms with van der Waals surface area (Å²) >= 11 is 0. The Bertz CT molecular complexity index is 570. The molecule has 1 aromatic carbocycles. The first-order valence-corrected chi connectivity index (χ1v) is 6.92.